The van der Waals surface area contributed by atoms with E-state index in [0.717, 1.165) is 20.9 Å². The highest BCUT2D eigenvalue weighted by atomic mass is 79.9. The zero-order chi connectivity index (χ0) is 12.1. The van der Waals surface area contributed by atoms with E-state index >= 15 is 0 Å². The van der Waals surface area contributed by atoms with E-state index in [1.165, 1.54) is 0 Å². The lowest BCUT2D eigenvalue weighted by molar-refractivity contribution is -0.122. The van der Waals surface area contributed by atoms with Crippen molar-refractivity contribution >= 4 is 33.3 Å². The molecule has 0 atom stereocenters. The molecule has 2 aromatic rings. The smallest absolute Gasteiger partial charge is 0.290 e. The summed E-state index contributed by atoms with van der Waals surface area (Å²) >= 11 is 3.40. The fraction of sp³-hybridized carbons (Fsp3) is 0.0909. The largest absolute Gasteiger partial charge is 0.483 e. The van der Waals surface area contributed by atoms with Crippen LogP contribution in [0.1, 0.15) is 5.56 Å². The number of pyridine rings is 1. The number of hydrogen-bond acceptors (Lipinski definition) is 2. The summed E-state index contributed by atoms with van der Waals surface area (Å²) in [6, 6.07) is 7.47. The average Bonchev–Trinajstić information content (AvgIpc) is 2.21. The minimum absolute atomic E-state index is 0.0584. The third-order valence-electron chi connectivity index (χ3n) is 2.03. The Hall–Kier alpha value is -1.62. The molecule has 0 amide bonds. The van der Waals surface area contributed by atoms with Crippen molar-refractivity contribution in [2.24, 2.45) is 0 Å². The van der Waals surface area contributed by atoms with E-state index in [2.05, 4.69) is 20.9 Å². The molecular formula is C11H10BrNO3. The average molecular weight is 284 g/mol. The predicted molar refractivity (Wildman–Crippen MR) is 65.7 cm³/mol. The molecule has 0 radical (unpaired) electrons. The number of hydrogen-bond donors (Lipinski definition) is 2. The summed E-state index contributed by atoms with van der Waals surface area (Å²) in [4.78, 5) is 22.3. The lowest BCUT2D eigenvalue weighted by atomic mass is 10.1. The number of halogens is 1. The van der Waals surface area contributed by atoms with Crippen LogP contribution in [0.2, 0.25) is 0 Å². The van der Waals surface area contributed by atoms with Crippen LogP contribution in [-0.2, 0) is 4.79 Å². The van der Waals surface area contributed by atoms with Crippen LogP contribution >= 0.6 is 15.9 Å². The highest BCUT2D eigenvalue weighted by Gasteiger charge is 2.01. The van der Waals surface area contributed by atoms with Crippen LogP contribution in [0.4, 0.5) is 0 Å². The van der Waals surface area contributed by atoms with Gasteiger partial charge in [-0.15, -0.1) is 0 Å². The van der Waals surface area contributed by atoms with Gasteiger partial charge in [-0.2, -0.15) is 0 Å². The number of nitrogens with one attached hydrogen (secondary N) is 1. The molecule has 16 heavy (non-hydrogen) atoms. The molecule has 2 rings (SSSR count). The topological polar surface area (TPSA) is 70.2 Å². The summed E-state index contributed by atoms with van der Waals surface area (Å²) < 4.78 is 0.922. The predicted octanol–water partition coefficient (Wildman–Crippen LogP) is 2.30. The van der Waals surface area contributed by atoms with Crippen molar-refractivity contribution in [2.75, 3.05) is 0 Å². The number of aromatic amines is 1. The molecule has 0 aliphatic rings. The normalized spacial score (nSPS) is 9.38. The van der Waals surface area contributed by atoms with Crippen molar-refractivity contribution in [3.8, 4) is 0 Å². The minimum Gasteiger partial charge on any atom is -0.483 e. The van der Waals surface area contributed by atoms with E-state index in [1.807, 2.05) is 25.1 Å². The van der Waals surface area contributed by atoms with Crippen molar-refractivity contribution < 1.29 is 9.90 Å². The summed E-state index contributed by atoms with van der Waals surface area (Å²) in [5, 5.41) is 7.97. The van der Waals surface area contributed by atoms with Crippen LogP contribution in [0.25, 0.3) is 10.9 Å². The molecule has 1 heterocycles. The van der Waals surface area contributed by atoms with Gasteiger partial charge in [-0.25, -0.2) is 0 Å². The third kappa shape index (κ3) is 2.70. The molecule has 1 aromatic heterocycles. The van der Waals surface area contributed by atoms with E-state index in [0.29, 0.717) is 0 Å². The lowest BCUT2D eigenvalue weighted by Gasteiger charge is -2.02. The molecule has 2 N–H and O–H groups in total. The number of aromatic nitrogens is 1. The molecule has 0 aliphatic carbocycles. The standard InChI is InChI=1S/C10H8BrNO.CH2O2/c1-6-5-9(13)12-10-7(6)3-2-4-8(10)11;2-1-3/h2-5H,1H3,(H,12,13);1H,(H,2,3). The monoisotopic (exact) mass is 283 g/mol. The summed E-state index contributed by atoms with van der Waals surface area (Å²) in [7, 11) is 0. The van der Waals surface area contributed by atoms with Gasteiger partial charge in [0.1, 0.15) is 0 Å². The molecule has 0 bridgehead atoms. The van der Waals surface area contributed by atoms with Gasteiger partial charge >= 0.3 is 0 Å². The Morgan fingerprint density at radius 1 is 1.44 bits per heavy atom. The summed E-state index contributed by atoms with van der Waals surface area (Å²) in [6.07, 6.45) is 0. The van der Waals surface area contributed by atoms with Gasteiger partial charge in [0, 0.05) is 15.9 Å². The Morgan fingerprint density at radius 3 is 2.69 bits per heavy atom. The quantitative estimate of drug-likeness (QED) is 0.729. The molecule has 0 spiro atoms. The molecular weight excluding hydrogens is 274 g/mol. The van der Waals surface area contributed by atoms with Gasteiger partial charge in [-0.3, -0.25) is 9.59 Å². The van der Waals surface area contributed by atoms with Crippen LogP contribution in [0.3, 0.4) is 0 Å². The van der Waals surface area contributed by atoms with Crippen molar-refractivity contribution in [3.05, 3.63) is 44.7 Å². The number of carbonyl (C=O) groups is 1. The molecule has 5 heteroatoms. The Morgan fingerprint density at radius 2 is 2.06 bits per heavy atom. The van der Waals surface area contributed by atoms with Crippen molar-refractivity contribution in [3.63, 3.8) is 0 Å². The fourth-order valence-corrected chi connectivity index (χ4v) is 1.88. The van der Waals surface area contributed by atoms with Gasteiger partial charge in [-0.05, 0) is 34.5 Å². The van der Waals surface area contributed by atoms with Crippen molar-refractivity contribution in [2.45, 2.75) is 6.92 Å². The Kier molecular flexibility index (Phi) is 4.25. The van der Waals surface area contributed by atoms with Gasteiger partial charge in [0.15, 0.2) is 0 Å². The zero-order valence-corrected chi connectivity index (χ0v) is 10.1. The second kappa shape index (κ2) is 5.46. The third-order valence-corrected chi connectivity index (χ3v) is 2.70. The van der Waals surface area contributed by atoms with Crippen LogP contribution in [0, 0.1) is 6.92 Å². The first-order valence-electron chi connectivity index (χ1n) is 4.46. The van der Waals surface area contributed by atoms with Gasteiger partial charge in [0.05, 0.1) is 5.52 Å². The van der Waals surface area contributed by atoms with Crippen LogP contribution in [0.5, 0.6) is 0 Å². The molecule has 0 saturated carbocycles. The number of rotatable bonds is 0. The first-order valence-corrected chi connectivity index (χ1v) is 5.25. The first-order chi connectivity index (χ1) is 7.60. The molecule has 0 fully saturated rings. The molecule has 1 aromatic carbocycles. The number of H-pyrrole nitrogens is 1. The SMILES string of the molecule is Cc1cc(=O)[nH]c2c(Br)cccc12.O=CO. The summed E-state index contributed by atoms with van der Waals surface area (Å²) in [5.74, 6) is 0. The van der Waals surface area contributed by atoms with Gasteiger partial charge in [0.2, 0.25) is 5.56 Å². The first kappa shape index (κ1) is 12.4. The van der Waals surface area contributed by atoms with Gasteiger partial charge < -0.3 is 10.1 Å². The Balaban J connectivity index is 0.000000386. The van der Waals surface area contributed by atoms with E-state index in [9.17, 15) is 4.79 Å². The van der Waals surface area contributed by atoms with E-state index in [4.69, 9.17) is 9.90 Å². The van der Waals surface area contributed by atoms with E-state index < -0.39 is 0 Å². The highest BCUT2D eigenvalue weighted by molar-refractivity contribution is 9.10. The number of aryl methyl sites for hydroxylation is 1. The molecule has 4 nitrogen and oxygen atoms in total. The van der Waals surface area contributed by atoms with Crippen LogP contribution < -0.4 is 5.56 Å². The van der Waals surface area contributed by atoms with E-state index in [-0.39, 0.29) is 12.0 Å². The second-order valence-corrected chi connectivity index (χ2v) is 3.94. The maximum absolute atomic E-state index is 11.2. The Bertz CT molecular complexity index is 563. The van der Waals surface area contributed by atoms with Gasteiger partial charge in [-0.1, -0.05) is 12.1 Å². The second-order valence-electron chi connectivity index (χ2n) is 3.08. The lowest BCUT2D eigenvalue weighted by Crippen LogP contribution is -2.04. The summed E-state index contributed by atoms with van der Waals surface area (Å²) in [6.45, 7) is 1.68. The number of fused-ring (bicyclic) bond motifs is 1. The number of para-hydroxylation sites is 1. The summed E-state index contributed by atoms with van der Waals surface area (Å²) in [5.41, 5.74) is 1.81. The molecule has 0 aliphatic heterocycles. The minimum atomic E-state index is -0.250. The number of benzene rings is 1. The maximum Gasteiger partial charge on any atom is 0.290 e. The van der Waals surface area contributed by atoms with Crippen LogP contribution in [0.15, 0.2) is 33.5 Å². The Labute approximate surface area is 100 Å². The molecule has 84 valence electrons. The zero-order valence-electron chi connectivity index (χ0n) is 8.53. The highest BCUT2D eigenvalue weighted by Crippen LogP contribution is 2.22. The number of carboxylic acid groups (broad SMARTS) is 1. The molecule has 0 unspecified atom stereocenters. The van der Waals surface area contributed by atoms with Crippen LogP contribution in [-0.4, -0.2) is 16.6 Å². The maximum atomic E-state index is 11.2. The van der Waals surface area contributed by atoms with E-state index in [1.54, 1.807) is 6.07 Å². The van der Waals surface area contributed by atoms with Gasteiger partial charge in [0.25, 0.3) is 6.47 Å². The fourth-order valence-electron chi connectivity index (χ4n) is 1.41. The molecule has 0 saturated heterocycles. The van der Waals surface area contributed by atoms with Crippen molar-refractivity contribution in [1.82, 2.24) is 4.98 Å². The van der Waals surface area contributed by atoms with Crippen molar-refractivity contribution in [1.29, 1.82) is 0 Å².